The highest BCUT2D eigenvalue weighted by Gasteiger charge is 2.49. The summed E-state index contributed by atoms with van der Waals surface area (Å²) in [4.78, 5) is 12.6. The molecule has 1 heterocycles. The Morgan fingerprint density at radius 2 is 2.00 bits per heavy atom. The van der Waals surface area contributed by atoms with E-state index in [9.17, 15) is 4.79 Å². The molecule has 3 N–H and O–H groups in total. The van der Waals surface area contributed by atoms with E-state index in [1.807, 2.05) is 29.1 Å². The first-order valence-corrected chi connectivity index (χ1v) is 8.33. The van der Waals surface area contributed by atoms with Gasteiger partial charge in [0.25, 0.3) is 0 Å². The van der Waals surface area contributed by atoms with Crippen molar-refractivity contribution in [3.8, 4) is 0 Å². The molecular weight excluding hydrogens is 324 g/mol. The molecule has 2 bridgehead atoms. The van der Waals surface area contributed by atoms with Gasteiger partial charge in [-0.15, -0.1) is 12.4 Å². The maximum Gasteiger partial charge on any atom is 0.229 e. The molecule has 0 spiro atoms. The predicted molar refractivity (Wildman–Crippen MR) is 95.9 cm³/mol. The number of amides is 1. The zero-order valence-electron chi connectivity index (χ0n) is 13.5. The normalized spacial score (nSPS) is 27.7. The first-order valence-electron chi connectivity index (χ1n) is 8.33. The van der Waals surface area contributed by atoms with Gasteiger partial charge in [0.05, 0.1) is 24.3 Å². The number of carbonyl (C=O) groups excluding carboxylic acids is 1. The van der Waals surface area contributed by atoms with Crippen LogP contribution >= 0.6 is 12.4 Å². The van der Waals surface area contributed by atoms with Crippen LogP contribution in [0.3, 0.4) is 0 Å². The average molecular weight is 347 g/mol. The Balaban J connectivity index is 0.00000169. The van der Waals surface area contributed by atoms with Crippen LogP contribution in [0, 0.1) is 17.8 Å². The summed E-state index contributed by atoms with van der Waals surface area (Å²) in [7, 11) is 0. The van der Waals surface area contributed by atoms with Crippen LogP contribution in [0.25, 0.3) is 0 Å². The Labute approximate surface area is 148 Å². The molecule has 4 atom stereocenters. The number of nitrogens with two attached hydrogens (primary N) is 1. The summed E-state index contributed by atoms with van der Waals surface area (Å²) >= 11 is 0. The number of carbonyl (C=O) groups is 1. The standard InChI is InChI=1S/C18H22N4O.ClH/c19-17-14-7-6-13(8-14)16(17)18(23)21-15-9-20-22(11-15)10-12-4-2-1-3-5-12;/h1-5,9,11,13-14,16-17H,6-8,10,19H2,(H,21,23);1H. The quantitative estimate of drug-likeness (QED) is 0.893. The highest BCUT2D eigenvalue weighted by Crippen LogP contribution is 2.47. The second-order valence-corrected chi connectivity index (χ2v) is 6.84. The predicted octanol–water partition coefficient (Wildman–Crippen LogP) is 2.67. The molecule has 24 heavy (non-hydrogen) atoms. The Morgan fingerprint density at radius 1 is 1.25 bits per heavy atom. The maximum absolute atomic E-state index is 12.6. The van der Waals surface area contributed by atoms with Crippen molar-refractivity contribution in [2.24, 2.45) is 23.5 Å². The summed E-state index contributed by atoms with van der Waals surface area (Å²) in [5, 5.41) is 7.33. The van der Waals surface area contributed by atoms with Crippen LogP contribution in [0.15, 0.2) is 42.7 Å². The van der Waals surface area contributed by atoms with Gasteiger partial charge in [-0.3, -0.25) is 9.48 Å². The molecule has 1 aromatic carbocycles. The van der Waals surface area contributed by atoms with Crippen LogP contribution < -0.4 is 11.1 Å². The van der Waals surface area contributed by atoms with Crippen LogP contribution in [0.2, 0.25) is 0 Å². The van der Waals surface area contributed by atoms with Crippen molar-refractivity contribution in [2.75, 3.05) is 5.32 Å². The Morgan fingerprint density at radius 3 is 2.71 bits per heavy atom. The summed E-state index contributed by atoms with van der Waals surface area (Å²) < 4.78 is 1.84. The van der Waals surface area contributed by atoms with Crippen molar-refractivity contribution in [3.63, 3.8) is 0 Å². The van der Waals surface area contributed by atoms with Gasteiger partial charge in [0, 0.05) is 12.2 Å². The molecule has 0 aliphatic heterocycles. The van der Waals surface area contributed by atoms with Gasteiger partial charge in [0.15, 0.2) is 0 Å². The molecule has 128 valence electrons. The van der Waals surface area contributed by atoms with E-state index in [4.69, 9.17) is 5.73 Å². The number of hydrogen-bond donors (Lipinski definition) is 2. The molecule has 6 heteroatoms. The van der Waals surface area contributed by atoms with E-state index < -0.39 is 0 Å². The zero-order chi connectivity index (χ0) is 15.8. The van der Waals surface area contributed by atoms with Crippen molar-refractivity contribution < 1.29 is 4.79 Å². The van der Waals surface area contributed by atoms with Crippen molar-refractivity contribution in [2.45, 2.75) is 31.8 Å². The summed E-state index contributed by atoms with van der Waals surface area (Å²) in [6.45, 7) is 0.699. The third-order valence-corrected chi connectivity index (χ3v) is 5.37. The minimum absolute atomic E-state index is 0. The number of nitrogens with one attached hydrogen (secondary N) is 1. The monoisotopic (exact) mass is 346 g/mol. The largest absolute Gasteiger partial charge is 0.327 e. The van der Waals surface area contributed by atoms with Gasteiger partial charge >= 0.3 is 0 Å². The minimum Gasteiger partial charge on any atom is -0.327 e. The maximum atomic E-state index is 12.6. The van der Waals surface area contributed by atoms with Crippen molar-refractivity contribution in [1.29, 1.82) is 0 Å². The fourth-order valence-corrected chi connectivity index (χ4v) is 4.24. The lowest BCUT2D eigenvalue weighted by molar-refractivity contribution is -0.121. The fraction of sp³-hybridized carbons (Fsp3) is 0.444. The van der Waals surface area contributed by atoms with E-state index in [1.165, 1.54) is 12.0 Å². The molecule has 2 aliphatic rings. The third kappa shape index (κ3) is 3.19. The number of rotatable bonds is 4. The lowest BCUT2D eigenvalue weighted by Gasteiger charge is -2.26. The smallest absolute Gasteiger partial charge is 0.229 e. The van der Waals surface area contributed by atoms with Crippen LogP contribution in [0.1, 0.15) is 24.8 Å². The highest BCUT2D eigenvalue weighted by molar-refractivity contribution is 5.93. The molecule has 2 aliphatic carbocycles. The molecule has 1 aromatic heterocycles. The molecule has 2 fully saturated rings. The molecule has 2 aromatic rings. The number of benzene rings is 1. The summed E-state index contributed by atoms with van der Waals surface area (Å²) in [5.74, 6) is 1.03. The lowest BCUT2D eigenvalue weighted by atomic mass is 9.84. The Bertz CT molecular complexity index is 700. The van der Waals surface area contributed by atoms with Crippen LogP contribution in [-0.4, -0.2) is 21.7 Å². The van der Waals surface area contributed by atoms with Crippen LogP contribution in [0.5, 0.6) is 0 Å². The molecule has 1 amide bonds. The van der Waals surface area contributed by atoms with Crippen LogP contribution in [0.4, 0.5) is 5.69 Å². The van der Waals surface area contributed by atoms with Gasteiger partial charge in [-0.05, 0) is 36.7 Å². The number of anilines is 1. The Hall–Kier alpha value is -1.85. The summed E-state index contributed by atoms with van der Waals surface area (Å²) in [5.41, 5.74) is 8.18. The molecule has 4 rings (SSSR count). The second-order valence-electron chi connectivity index (χ2n) is 6.84. The Kier molecular flexibility index (Phi) is 4.92. The highest BCUT2D eigenvalue weighted by atomic mass is 35.5. The van der Waals surface area contributed by atoms with Gasteiger partial charge < -0.3 is 11.1 Å². The number of nitrogens with zero attached hydrogens (tertiary/aromatic N) is 2. The average Bonchev–Trinajstić information content (AvgIpc) is 3.25. The molecule has 0 saturated heterocycles. The topological polar surface area (TPSA) is 72.9 Å². The summed E-state index contributed by atoms with van der Waals surface area (Å²) in [6, 6.07) is 10.2. The van der Waals surface area contributed by atoms with E-state index >= 15 is 0 Å². The lowest BCUT2D eigenvalue weighted by Crippen LogP contribution is -2.42. The first kappa shape index (κ1) is 17.0. The number of halogens is 1. The fourth-order valence-electron chi connectivity index (χ4n) is 4.24. The molecule has 0 radical (unpaired) electrons. The molecular formula is C18H23ClN4O. The number of hydrogen-bond acceptors (Lipinski definition) is 3. The first-order chi connectivity index (χ1) is 11.2. The van der Waals surface area contributed by atoms with Crippen molar-refractivity contribution >= 4 is 24.0 Å². The van der Waals surface area contributed by atoms with E-state index in [0.717, 1.165) is 18.5 Å². The van der Waals surface area contributed by atoms with E-state index in [1.54, 1.807) is 6.20 Å². The zero-order valence-corrected chi connectivity index (χ0v) is 14.3. The van der Waals surface area contributed by atoms with Gasteiger partial charge in [-0.2, -0.15) is 5.10 Å². The van der Waals surface area contributed by atoms with E-state index in [-0.39, 0.29) is 30.3 Å². The van der Waals surface area contributed by atoms with Crippen molar-refractivity contribution in [3.05, 3.63) is 48.3 Å². The second kappa shape index (κ2) is 6.95. The van der Waals surface area contributed by atoms with Crippen LogP contribution in [-0.2, 0) is 11.3 Å². The minimum atomic E-state index is -0.0359. The number of fused-ring (bicyclic) bond motifs is 2. The molecule has 4 unspecified atom stereocenters. The van der Waals surface area contributed by atoms with Gasteiger partial charge in [0.2, 0.25) is 5.91 Å². The van der Waals surface area contributed by atoms with Gasteiger partial charge in [0.1, 0.15) is 0 Å². The number of aromatic nitrogens is 2. The SMILES string of the molecule is Cl.NC1C2CCC(C2)C1C(=O)Nc1cnn(Cc2ccccc2)c1. The van der Waals surface area contributed by atoms with E-state index in [0.29, 0.717) is 18.4 Å². The van der Waals surface area contributed by atoms with Crippen molar-refractivity contribution in [1.82, 2.24) is 9.78 Å². The third-order valence-electron chi connectivity index (χ3n) is 5.37. The molecule has 5 nitrogen and oxygen atoms in total. The van der Waals surface area contributed by atoms with Gasteiger partial charge in [-0.1, -0.05) is 30.3 Å². The summed E-state index contributed by atoms with van der Waals surface area (Å²) in [6.07, 6.45) is 7.03. The van der Waals surface area contributed by atoms with E-state index in [2.05, 4.69) is 22.5 Å². The molecule has 2 saturated carbocycles. The van der Waals surface area contributed by atoms with Gasteiger partial charge in [-0.25, -0.2) is 0 Å².